The summed E-state index contributed by atoms with van der Waals surface area (Å²) in [5, 5.41) is 3.56. The van der Waals surface area contributed by atoms with Crippen LogP contribution < -0.4 is 11.1 Å². The van der Waals surface area contributed by atoms with Gasteiger partial charge in [-0.3, -0.25) is 0 Å². The zero-order valence-electron chi connectivity index (χ0n) is 8.42. The van der Waals surface area contributed by atoms with Gasteiger partial charge in [-0.1, -0.05) is 6.42 Å². The minimum Gasteiger partial charge on any atom is -0.330 e. The van der Waals surface area contributed by atoms with Gasteiger partial charge in [-0.25, -0.2) is 0 Å². The second-order valence-corrected chi connectivity index (χ2v) is 4.01. The van der Waals surface area contributed by atoms with Crippen molar-refractivity contribution < 1.29 is 0 Å². The zero-order valence-corrected chi connectivity index (χ0v) is 8.42. The second kappa shape index (κ2) is 5.26. The first-order chi connectivity index (χ1) is 6.27. The lowest BCUT2D eigenvalue weighted by Crippen LogP contribution is -2.40. The second-order valence-electron chi connectivity index (χ2n) is 4.01. The number of nitrogens with one attached hydrogen (secondary N) is 1. The first-order valence-corrected chi connectivity index (χ1v) is 5.17. The Morgan fingerprint density at radius 1 is 1.62 bits per heavy atom. The van der Waals surface area contributed by atoms with Crippen molar-refractivity contribution in [3.05, 3.63) is 0 Å². The lowest BCUT2D eigenvalue weighted by molar-refractivity contribution is 0.372. The summed E-state index contributed by atoms with van der Waals surface area (Å²) in [7, 11) is 0. The fraction of sp³-hybridized carbons (Fsp3) is 0.818. The molecular weight excluding hydrogens is 160 g/mol. The summed E-state index contributed by atoms with van der Waals surface area (Å²) in [6, 6.07) is 1.04. The minimum absolute atomic E-state index is 0.433. The zero-order chi connectivity index (χ0) is 9.68. The Labute approximate surface area is 81.3 Å². The van der Waals surface area contributed by atoms with Crippen LogP contribution in [-0.4, -0.2) is 18.6 Å². The van der Waals surface area contributed by atoms with Gasteiger partial charge >= 0.3 is 0 Å². The van der Waals surface area contributed by atoms with E-state index in [-0.39, 0.29) is 0 Å². The lowest BCUT2D eigenvalue weighted by atomic mass is 10.0. The van der Waals surface area contributed by atoms with E-state index in [1.807, 2.05) is 0 Å². The first-order valence-electron chi connectivity index (χ1n) is 5.17. The van der Waals surface area contributed by atoms with E-state index in [4.69, 9.17) is 12.2 Å². The summed E-state index contributed by atoms with van der Waals surface area (Å²) < 4.78 is 0. The fourth-order valence-corrected chi connectivity index (χ4v) is 2.14. The molecule has 0 radical (unpaired) electrons. The number of rotatable bonds is 4. The number of terminal acetylenes is 1. The quantitative estimate of drug-likeness (QED) is 0.636. The molecule has 3 unspecified atom stereocenters. The molecule has 0 saturated heterocycles. The number of hydrogen-bond acceptors (Lipinski definition) is 2. The molecule has 0 aliphatic heterocycles. The molecule has 1 rings (SSSR count). The highest BCUT2D eigenvalue weighted by Crippen LogP contribution is 2.24. The molecule has 74 valence electrons. The van der Waals surface area contributed by atoms with Gasteiger partial charge in [0.05, 0.1) is 0 Å². The number of nitrogens with two attached hydrogens (primary N) is 1. The predicted octanol–water partition coefficient (Wildman–Crippen LogP) is 1.12. The van der Waals surface area contributed by atoms with Crippen LogP contribution in [0.3, 0.4) is 0 Å². The van der Waals surface area contributed by atoms with Crippen LogP contribution in [0.2, 0.25) is 0 Å². The SMILES string of the molecule is C#CCC(C)NC1CCCC1CN. The Kier molecular flexibility index (Phi) is 4.27. The van der Waals surface area contributed by atoms with Gasteiger partial charge in [0.25, 0.3) is 0 Å². The Morgan fingerprint density at radius 2 is 2.38 bits per heavy atom. The van der Waals surface area contributed by atoms with Crippen LogP contribution in [0.1, 0.15) is 32.6 Å². The van der Waals surface area contributed by atoms with Crippen LogP contribution in [0.4, 0.5) is 0 Å². The third kappa shape index (κ3) is 3.02. The highest BCUT2D eigenvalue weighted by Gasteiger charge is 2.26. The topological polar surface area (TPSA) is 38.0 Å². The van der Waals surface area contributed by atoms with Gasteiger partial charge in [0.2, 0.25) is 0 Å². The Balaban J connectivity index is 2.31. The summed E-state index contributed by atoms with van der Waals surface area (Å²) in [4.78, 5) is 0. The molecular formula is C11H20N2. The first kappa shape index (κ1) is 10.6. The summed E-state index contributed by atoms with van der Waals surface area (Å²) in [5.74, 6) is 3.35. The molecule has 1 fully saturated rings. The van der Waals surface area contributed by atoms with E-state index >= 15 is 0 Å². The molecule has 0 amide bonds. The van der Waals surface area contributed by atoms with E-state index in [2.05, 4.69) is 18.2 Å². The average molecular weight is 180 g/mol. The van der Waals surface area contributed by atoms with Crippen molar-refractivity contribution in [3.63, 3.8) is 0 Å². The van der Waals surface area contributed by atoms with E-state index in [1.54, 1.807) is 0 Å². The van der Waals surface area contributed by atoms with Crippen LogP contribution in [0.15, 0.2) is 0 Å². The van der Waals surface area contributed by atoms with E-state index in [0.717, 1.165) is 13.0 Å². The maximum absolute atomic E-state index is 5.69. The van der Waals surface area contributed by atoms with E-state index in [1.165, 1.54) is 19.3 Å². The normalized spacial score (nSPS) is 29.9. The van der Waals surface area contributed by atoms with Crippen LogP contribution in [0.25, 0.3) is 0 Å². The van der Waals surface area contributed by atoms with E-state index in [0.29, 0.717) is 18.0 Å². The van der Waals surface area contributed by atoms with Crippen molar-refractivity contribution in [1.82, 2.24) is 5.32 Å². The van der Waals surface area contributed by atoms with Crippen LogP contribution in [0, 0.1) is 18.3 Å². The molecule has 1 aliphatic rings. The molecule has 13 heavy (non-hydrogen) atoms. The number of hydrogen-bond donors (Lipinski definition) is 2. The minimum atomic E-state index is 0.433. The Bertz CT molecular complexity index is 183. The molecule has 0 spiro atoms. The maximum atomic E-state index is 5.69. The molecule has 0 aromatic carbocycles. The summed E-state index contributed by atoms with van der Waals surface area (Å²) in [5.41, 5.74) is 5.69. The lowest BCUT2D eigenvalue weighted by Gasteiger charge is -2.23. The summed E-state index contributed by atoms with van der Waals surface area (Å²) in [6.07, 6.45) is 9.91. The monoisotopic (exact) mass is 180 g/mol. The Hall–Kier alpha value is -0.520. The average Bonchev–Trinajstić information content (AvgIpc) is 2.52. The molecule has 0 aromatic rings. The van der Waals surface area contributed by atoms with Crippen molar-refractivity contribution in [2.45, 2.75) is 44.7 Å². The Morgan fingerprint density at radius 3 is 3.00 bits per heavy atom. The van der Waals surface area contributed by atoms with Gasteiger partial charge in [0, 0.05) is 18.5 Å². The molecule has 0 aromatic heterocycles. The van der Waals surface area contributed by atoms with E-state index in [9.17, 15) is 0 Å². The predicted molar refractivity (Wildman–Crippen MR) is 56.2 cm³/mol. The van der Waals surface area contributed by atoms with Gasteiger partial charge in [-0.05, 0) is 32.2 Å². The molecule has 3 atom stereocenters. The van der Waals surface area contributed by atoms with Gasteiger partial charge < -0.3 is 11.1 Å². The van der Waals surface area contributed by atoms with Crippen LogP contribution in [0.5, 0.6) is 0 Å². The van der Waals surface area contributed by atoms with Gasteiger partial charge in [0.1, 0.15) is 0 Å². The van der Waals surface area contributed by atoms with Gasteiger partial charge in [-0.15, -0.1) is 12.3 Å². The fourth-order valence-electron chi connectivity index (χ4n) is 2.14. The molecule has 1 saturated carbocycles. The van der Waals surface area contributed by atoms with Crippen molar-refractivity contribution >= 4 is 0 Å². The molecule has 0 bridgehead atoms. The smallest absolute Gasteiger partial charge is 0.0238 e. The van der Waals surface area contributed by atoms with Crippen molar-refractivity contribution in [2.75, 3.05) is 6.54 Å². The third-order valence-electron chi connectivity index (χ3n) is 2.88. The van der Waals surface area contributed by atoms with Crippen molar-refractivity contribution in [2.24, 2.45) is 11.7 Å². The molecule has 3 N–H and O–H groups in total. The summed E-state index contributed by atoms with van der Waals surface area (Å²) >= 11 is 0. The molecule has 2 heteroatoms. The van der Waals surface area contributed by atoms with Gasteiger partial charge in [-0.2, -0.15) is 0 Å². The van der Waals surface area contributed by atoms with Crippen molar-refractivity contribution in [1.29, 1.82) is 0 Å². The van der Waals surface area contributed by atoms with E-state index < -0.39 is 0 Å². The molecule has 1 aliphatic carbocycles. The van der Waals surface area contributed by atoms with Crippen LogP contribution >= 0.6 is 0 Å². The largest absolute Gasteiger partial charge is 0.330 e. The highest BCUT2D eigenvalue weighted by molar-refractivity contribution is 4.91. The molecule has 2 nitrogen and oxygen atoms in total. The standard InChI is InChI=1S/C11H20N2/c1-3-5-9(2)13-11-7-4-6-10(11)8-12/h1,9-11,13H,4-8,12H2,2H3. The van der Waals surface area contributed by atoms with Crippen molar-refractivity contribution in [3.8, 4) is 12.3 Å². The molecule has 0 heterocycles. The third-order valence-corrected chi connectivity index (χ3v) is 2.88. The van der Waals surface area contributed by atoms with Gasteiger partial charge in [0.15, 0.2) is 0 Å². The highest BCUT2D eigenvalue weighted by atomic mass is 15.0. The summed E-state index contributed by atoms with van der Waals surface area (Å²) in [6.45, 7) is 2.95. The van der Waals surface area contributed by atoms with Crippen LogP contribution in [-0.2, 0) is 0 Å². The maximum Gasteiger partial charge on any atom is 0.0238 e.